The molecular weight excluding hydrogens is 226 g/mol. The van der Waals surface area contributed by atoms with Gasteiger partial charge >= 0.3 is 0 Å². The number of hydrogen-bond donors (Lipinski definition) is 1. The summed E-state index contributed by atoms with van der Waals surface area (Å²) in [5.74, 6) is -1.46. The zero-order chi connectivity index (χ0) is 12.4. The van der Waals surface area contributed by atoms with E-state index in [0.717, 1.165) is 12.3 Å². The summed E-state index contributed by atoms with van der Waals surface area (Å²) in [4.78, 5) is 3.63. The van der Waals surface area contributed by atoms with Crippen molar-refractivity contribution in [1.82, 2.24) is 14.8 Å². The first-order valence-corrected chi connectivity index (χ1v) is 5.18. The molecule has 2 aromatic rings. The Labute approximate surface area is 97.3 Å². The Morgan fingerprint density at radius 2 is 2.06 bits per heavy atom. The van der Waals surface area contributed by atoms with Crippen LogP contribution < -0.4 is 5.32 Å². The van der Waals surface area contributed by atoms with Gasteiger partial charge in [-0.3, -0.25) is 4.68 Å². The van der Waals surface area contributed by atoms with Gasteiger partial charge in [0.05, 0.1) is 18.1 Å². The molecule has 2 aromatic heterocycles. The lowest BCUT2D eigenvalue weighted by atomic mass is 10.4. The number of anilines is 2. The molecule has 0 spiro atoms. The van der Waals surface area contributed by atoms with Gasteiger partial charge in [0.15, 0.2) is 11.6 Å². The van der Waals surface area contributed by atoms with Crippen molar-refractivity contribution in [2.75, 3.05) is 5.32 Å². The summed E-state index contributed by atoms with van der Waals surface area (Å²) in [5, 5.41) is 6.83. The minimum atomic E-state index is -0.734. The standard InChI is InChI=1S/C11H12F2N4/c1-7(2)17-6-9(5-15-17)16-11-10(13)3-8(12)4-14-11/h3-7H,1-2H3,(H,14,16). The molecule has 1 N–H and O–H groups in total. The third-order valence-corrected chi connectivity index (χ3v) is 2.20. The van der Waals surface area contributed by atoms with Crippen LogP contribution in [0.5, 0.6) is 0 Å². The fraction of sp³-hybridized carbons (Fsp3) is 0.273. The summed E-state index contributed by atoms with van der Waals surface area (Å²) in [6, 6.07) is 0.999. The van der Waals surface area contributed by atoms with Crippen LogP contribution in [0.2, 0.25) is 0 Å². The Morgan fingerprint density at radius 3 is 2.65 bits per heavy atom. The average molecular weight is 238 g/mol. The number of nitrogens with zero attached hydrogens (tertiary/aromatic N) is 3. The molecule has 17 heavy (non-hydrogen) atoms. The zero-order valence-electron chi connectivity index (χ0n) is 9.48. The van der Waals surface area contributed by atoms with Crippen molar-refractivity contribution in [3.63, 3.8) is 0 Å². The second kappa shape index (κ2) is 4.48. The molecule has 0 aliphatic heterocycles. The van der Waals surface area contributed by atoms with Gasteiger partial charge < -0.3 is 5.32 Å². The minimum absolute atomic E-state index is 0.0188. The third-order valence-electron chi connectivity index (χ3n) is 2.20. The van der Waals surface area contributed by atoms with E-state index < -0.39 is 11.6 Å². The van der Waals surface area contributed by atoms with Crippen LogP contribution in [-0.2, 0) is 0 Å². The van der Waals surface area contributed by atoms with E-state index in [-0.39, 0.29) is 11.9 Å². The first-order valence-electron chi connectivity index (χ1n) is 5.18. The highest BCUT2D eigenvalue weighted by molar-refractivity contribution is 5.54. The van der Waals surface area contributed by atoms with Gasteiger partial charge in [0, 0.05) is 18.3 Å². The summed E-state index contributed by atoms with van der Waals surface area (Å²) in [6.45, 7) is 3.96. The van der Waals surface area contributed by atoms with E-state index >= 15 is 0 Å². The monoisotopic (exact) mass is 238 g/mol. The summed E-state index contributed by atoms with van der Waals surface area (Å²) in [7, 11) is 0. The van der Waals surface area contributed by atoms with Crippen molar-refractivity contribution in [3.05, 3.63) is 36.3 Å². The lowest BCUT2D eigenvalue weighted by Gasteiger charge is -2.04. The largest absolute Gasteiger partial charge is 0.335 e. The van der Waals surface area contributed by atoms with Gasteiger partial charge in [-0.1, -0.05) is 0 Å². The molecule has 2 heterocycles. The van der Waals surface area contributed by atoms with Gasteiger partial charge in [-0.05, 0) is 13.8 Å². The highest BCUT2D eigenvalue weighted by Crippen LogP contribution is 2.18. The van der Waals surface area contributed by atoms with Crippen LogP contribution >= 0.6 is 0 Å². The molecule has 0 atom stereocenters. The number of halogens is 2. The van der Waals surface area contributed by atoms with Crippen molar-refractivity contribution < 1.29 is 8.78 Å². The molecule has 4 nitrogen and oxygen atoms in total. The molecule has 6 heteroatoms. The van der Waals surface area contributed by atoms with Gasteiger partial charge in [0.25, 0.3) is 0 Å². The Bertz CT molecular complexity index is 522. The fourth-order valence-corrected chi connectivity index (χ4v) is 1.33. The van der Waals surface area contributed by atoms with Crippen LogP contribution in [0.4, 0.5) is 20.3 Å². The molecule has 0 aromatic carbocycles. The lowest BCUT2D eigenvalue weighted by molar-refractivity contribution is 0.532. The summed E-state index contributed by atoms with van der Waals surface area (Å²) < 4.78 is 27.7. The molecule has 2 rings (SSSR count). The second-order valence-electron chi connectivity index (χ2n) is 3.91. The van der Waals surface area contributed by atoms with Gasteiger partial charge in [-0.25, -0.2) is 13.8 Å². The Morgan fingerprint density at radius 1 is 1.29 bits per heavy atom. The van der Waals surface area contributed by atoms with Crippen LogP contribution in [-0.4, -0.2) is 14.8 Å². The predicted octanol–water partition coefficient (Wildman–Crippen LogP) is 2.88. The molecule has 0 unspecified atom stereocenters. The van der Waals surface area contributed by atoms with E-state index in [0.29, 0.717) is 5.69 Å². The minimum Gasteiger partial charge on any atom is -0.335 e. The van der Waals surface area contributed by atoms with Crippen molar-refractivity contribution in [3.8, 4) is 0 Å². The van der Waals surface area contributed by atoms with Crippen LogP contribution in [0, 0.1) is 11.6 Å². The van der Waals surface area contributed by atoms with E-state index in [1.54, 1.807) is 17.1 Å². The van der Waals surface area contributed by atoms with Gasteiger partial charge in [-0.15, -0.1) is 0 Å². The van der Waals surface area contributed by atoms with Crippen molar-refractivity contribution >= 4 is 11.5 Å². The maximum absolute atomic E-state index is 13.3. The summed E-state index contributed by atoms with van der Waals surface area (Å²) >= 11 is 0. The molecule has 90 valence electrons. The highest BCUT2D eigenvalue weighted by Gasteiger charge is 2.07. The first-order chi connectivity index (χ1) is 8.06. The maximum atomic E-state index is 13.3. The Balaban J connectivity index is 2.19. The van der Waals surface area contributed by atoms with Crippen molar-refractivity contribution in [2.45, 2.75) is 19.9 Å². The van der Waals surface area contributed by atoms with Crippen molar-refractivity contribution in [2.24, 2.45) is 0 Å². The normalized spacial score (nSPS) is 10.9. The van der Waals surface area contributed by atoms with Crippen LogP contribution in [0.1, 0.15) is 19.9 Å². The van der Waals surface area contributed by atoms with Crippen LogP contribution in [0.3, 0.4) is 0 Å². The van der Waals surface area contributed by atoms with E-state index in [1.807, 2.05) is 13.8 Å². The zero-order valence-corrected chi connectivity index (χ0v) is 9.48. The SMILES string of the molecule is CC(C)n1cc(Nc2ncc(F)cc2F)cn1. The smallest absolute Gasteiger partial charge is 0.168 e. The number of nitrogens with one attached hydrogen (secondary N) is 1. The number of rotatable bonds is 3. The van der Waals surface area contributed by atoms with Crippen LogP contribution in [0.15, 0.2) is 24.7 Å². The molecule has 0 saturated carbocycles. The van der Waals surface area contributed by atoms with E-state index in [2.05, 4.69) is 15.4 Å². The fourth-order valence-electron chi connectivity index (χ4n) is 1.33. The van der Waals surface area contributed by atoms with Crippen LogP contribution in [0.25, 0.3) is 0 Å². The number of hydrogen-bond acceptors (Lipinski definition) is 3. The third kappa shape index (κ3) is 2.58. The lowest BCUT2D eigenvalue weighted by Crippen LogP contribution is -2.00. The first kappa shape index (κ1) is 11.5. The second-order valence-corrected chi connectivity index (χ2v) is 3.91. The quantitative estimate of drug-likeness (QED) is 0.894. The van der Waals surface area contributed by atoms with E-state index in [4.69, 9.17) is 0 Å². The topological polar surface area (TPSA) is 42.7 Å². The Hall–Kier alpha value is -1.98. The maximum Gasteiger partial charge on any atom is 0.168 e. The predicted molar refractivity (Wildman–Crippen MR) is 60.0 cm³/mol. The molecule has 0 aliphatic rings. The average Bonchev–Trinajstić information content (AvgIpc) is 2.71. The summed E-state index contributed by atoms with van der Waals surface area (Å²) in [6.07, 6.45) is 4.25. The number of aromatic nitrogens is 3. The highest BCUT2D eigenvalue weighted by atomic mass is 19.1. The Kier molecular flexibility index (Phi) is 3.03. The molecule has 0 amide bonds. The molecule has 0 saturated heterocycles. The van der Waals surface area contributed by atoms with Crippen molar-refractivity contribution in [1.29, 1.82) is 0 Å². The molecule has 0 aliphatic carbocycles. The van der Waals surface area contributed by atoms with Gasteiger partial charge in [0.2, 0.25) is 0 Å². The van der Waals surface area contributed by atoms with Gasteiger partial charge in [-0.2, -0.15) is 5.10 Å². The van der Waals surface area contributed by atoms with E-state index in [1.165, 1.54) is 0 Å². The van der Waals surface area contributed by atoms with E-state index in [9.17, 15) is 8.78 Å². The molecular formula is C11H12F2N4. The number of pyridine rings is 1. The summed E-state index contributed by atoms with van der Waals surface area (Å²) in [5.41, 5.74) is 0.608. The van der Waals surface area contributed by atoms with Gasteiger partial charge in [0.1, 0.15) is 5.82 Å². The molecule has 0 fully saturated rings. The molecule has 0 bridgehead atoms. The molecule has 0 radical (unpaired) electrons.